The molecule has 7 nitrogen and oxygen atoms in total. The zero-order valence-corrected chi connectivity index (χ0v) is 23.2. The Morgan fingerprint density at radius 3 is 2.67 bits per heavy atom. The second kappa shape index (κ2) is 11.1. The first-order chi connectivity index (χ1) is 18.4. The van der Waals surface area contributed by atoms with Crippen LogP contribution in [-0.4, -0.2) is 40.7 Å². The van der Waals surface area contributed by atoms with Gasteiger partial charge in [0.2, 0.25) is 5.88 Å². The van der Waals surface area contributed by atoms with Crippen LogP contribution in [0.3, 0.4) is 0 Å². The van der Waals surface area contributed by atoms with Crippen LogP contribution in [0.1, 0.15) is 63.6 Å². The first-order valence-electron chi connectivity index (χ1n) is 13.0. The second-order valence-corrected chi connectivity index (χ2v) is 10.9. The standard InChI is InChI=1S/C28H32F3N5O2S/c1-5-19-13-22(16-34-24(19)38-11-9-18-8-10-33-17(2)12-18)36-26(39)35(25(37)27(36,3)4)21-7-6-20(15-32)23(14-21)28(29,30)31/h6-7,13-14,16-18,33H,5,8-12H2,1-4H3/t17-,18-/m0/s1. The van der Waals surface area contributed by atoms with Crippen LogP contribution in [0, 0.1) is 17.2 Å². The average Bonchev–Trinajstić information content (AvgIpc) is 3.06. The number of anilines is 2. The molecule has 2 saturated heterocycles. The number of rotatable bonds is 7. The minimum atomic E-state index is -4.76. The number of carbonyl (C=O) groups is 1. The van der Waals surface area contributed by atoms with Crippen molar-refractivity contribution in [3.8, 4) is 11.9 Å². The van der Waals surface area contributed by atoms with Gasteiger partial charge >= 0.3 is 6.18 Å². The monoisotopic (exact) mass is 559 g/mol. The van der Waals surface area contributed by atoms with Crippen molar-refractivity contribution in [2.45, 2.75) is 71.1 Å². The molecule has 0 radical (unpaired) electrons. The Hall–Kier alpha value is -3.23. The van der Waals surface area contributed by atoms with Gasteiger partial charge in [0.05, 0.1) is 41.4 Å². The number of nitrogens with zero attached hydrogens (tertiary/aromatic N) is 4. The van der Waals surface area contributed by atoms with Crippen molar-refractivity contribution in [3.63, 3.8) is 0 Å². The topological polar surface area (TPSA) is 81.5 Å². The number of carbonyl (C=O) groups excluding carboxylic acids is 1. The SMILES string of the molecule is CCc1cc(N2C(=S)N(c3ccc(C#N)c(C(F)(F)F)c3)C(=O)C2(C)C)cnc1OCC[C@@H]1CCN[C@@H](C)C1. The smallest absolute Gasteiger partial charge is 0.417 e. The van der Waals surface area contributed by atoms with Gasteiger partial charge in [-0.25, -0.2) is 4.98 Å². The highest BCUT2D eigenvalue weighted by atomic mass is 32.1. The fourth-order valence-corrected chi connectivity index (χ4v) is 5.79. The van der Waals surface area contributed by atoms with Crippen molar-refractivity contribution >= 4 is 34.6 Å². The van der Waals surface area contributed by atoms with E-state index in [0.717, 1.165) is 48.4 Å². The Kier molecular flexibility index (Phi) is 8.19. The Bertz CT molecular complexity index is 1310. The van der Waals surface area contributed by atoms with Crippen LogP contribution < -0.4 is 19.9 Å². The van der Waals surface area contributed by atoms with E-state index in [0.29, 0.717) is 36.6 Å². The average molecular weight is 560 g/mol. The van der Waals surface area contributed by atoms with E-state index >= 15 is 0 Å². The van der Waals surface area contributed by atoms with Gasteiger partial charge in [-0.1, -0.05) is 6.92 Å². The summed E-state index contributed by atoms with van der Waals surface area (Å²) < 4.78 is 46.9. The normalized spacial score (nSPS) is 21.3. The van der Waals surface area contributed by atoms with Gasteiger partial charge in [0, 0.05) is 11.6 Å². The van der Waals surface area contributed by atoms with Gasteiger partial charge in [-0.15, -0.1) is 0 Å². The second-order valence-electron chi connectivity index (χ2n) is 10.6. The van der Waals surface area contributed by atoms with Crippen molar-refractivity contribution in [3.05, 3.63) is 47.2 Å². The summed E-state index contributed by atoms with van der Waals surface area (Å²) in [6, 6.07) is 7.06. The van der Waals surface area contributed by atoms with Crippen LogP contribution in [0.2, 0.25) is 0 Å². The number of halogens is 3. The van der Waals surface area contributed by atoms with Crippen molar-refractivity contribution in [1.29, 1.82) is 5.26 Å². The summed E-state index contributed by atoms with van der Waals surface area (Å²) in [7, 11) is 0. The molecule has 3 heterocycles. The van der Waals surface area contributed by atoms with E-state index in [-0.39, 0.29) is 10.8 Å². The number of pyridine rings is 1. The van der Waals surface area contributed by atoms with Crippen LogP contribution in [0.4, 0.5) is 24.5 Å². The Morgan fingerprint density at radius 2 is 2.03 bits per heavy atom. The molecule has 2 atom stereocenters. The van der Waals surface area contributed by atoms with Gasteiger partial charge in [-0.2, -0.15) is 18.4 Å². The summed E-state index contributed by atoms with van der Waals surface area (Å²) in [6.45, 7) is 9.05. The maximum Gasteiger partial charge on any atom is 0.417 e. The molecule has 2 aliphatic rings. The third kappa shape index (κ3) is 5.72. The molecule has 11 heteroatoms. The molecule has 2 aromatic rings. The Balaban J connectivity index is 1.58. The fourth-order valence-electron chi connectivity index (χ4n) is 5.27. The summed E-state index contributed by atoms with van der Waals surface area (Å²) in [5.41, 5.74) is -1.51. The molecule has 1 amide bonds. The first-order valence-corrected chi connectivity index (χ1v) is 13.4. The van der Waals surface area contributed by atoms with Gasteiger partial charge in [0.1, 0.15) is 5.54 Å². The van der Waals surface area contributed by atoms with Crippen molar-refractivity contribution in [1.82, 2.24) is 10.3 Å². The van der Waals surface area contributed by atoms with Crippen molar-refractivity contribution < 1.29 is 22.7 Å². The molecule has 1 aromatic heterocycles. The molecule has 0 unspecified atom stereocenters. The molecular formula is C28H32F3N5O2S. The quantitative estimate of drug-likeness (QED) is 0.442. The molecule has 0 saturated carbocycles. The van der Waals surface area contributed by atoms with Crippen molar-refractivity contribution in [2.24, 2.45) is 5.92 Å². The van der Waals surface area contributed by atoms with Crippen molar-refractivity contribution in [2.75, 3.05) is 23.0 Å². The van der Waals surface area contributed by atoms with Gasteiger partial charge < -0.3 is 15.0 Å². The lowest BCUT2D eigenvalue weighted by Crippen LogP contribution is -2.44. The molecule has 4 rings (SSSR count). The lowest BCUT2D eigenvalue weighted by atomic mass is 9.91. The fraction of sp³-hybridized carbons (Fsp3) is 0.500. The number of aryl methyl sites for hydroxylation is 1. The number of ether oxygens (including phenoxy) is 1. The highest BCUT2D eigenvalue weighted by molar-refractivity contribution is 7.81. The highest BCUT2D eigenvalue weighted by Crippen LogP contribution is 2.40. The van der Waals surface area contributed by atoms with Gasteiger partial charge in [-0.3, -0.25) is 9.69 Å². The molecule has 1 aromatic carbocycles. The van der Waals surface area contributed by atoms with E-state index < -0.39 is 28.7 Å². The molecule has 1 N–H and O–H groups in total. The van der Waals surface area contributed by atoms with E-state index in [2.05, 4.69) is 17.2 Å². The lowest BCUT2D eigenvalue weighted by molar-refractivity contribution is -0.137. The van der Waals surface area contributed by atoms with E-state index in [1.165, 1.54) is 6.07 Å². The maximum atomic E-state index is 13.6. The van der Waals surface area contributed by atoms with Crippen LogP contribution in [0.5, 0.6) is 5.88 Å². The summed E-state index contributed by atoms with van der Waals surface area (Å²) in [4.78, 5) is 20.7. The van der Waals surface area contributed by atoms with E-state index in [1.807, 2.05) is 13.0 Å². The Morgan fingerprint density at radius 1 is 1.28 bits per heavy atom. The van der Waals surface area contributed by atoms with E-state index in [4.69, 9.17) is 22.2 Å². The predicted molar refractivity (Wildman–Crippen MR) is 147 cm³/mol. The maximum absolute atomic E-state index is 13.6. The van der Waals surface area contributed by atoms with E-state index in [9.17, 15) is 18.0 Å². The number of aromatic nitrogens is 1. The predicted octanol–water partition coefficient (Wildman–Crippen LogP) is 5.61. The molecule has 0 bridgehead atoms. The molecule has 208 valence electrons. The Labute approximate surface area is 231 Å². The molecule has 2 aliphatic heterocycles. The molecule has 39 heavy (non-hydrogen) atoms. The number of hydrogen-bond donors (Lipinski definition) is 1. The minimum Gasteiger partial charge on any atom is -0.477 e. The number of amides is 1. The summed E-state index contributed by atoms with van der Waals surface area (Å²) in [6.07, 6.45) is 0.622. The number of nitriles is 1. The number of hydrogen-bond acceptors (Lipinski definition) is 6. The summed E-state index contributed by atoms with van der Waals surface area (Å²) >= 11 is 5.63. The van der Waals surface area contributed by atoms with Crippen LogP contribution in [0.25, 0.3) is 0 Å². The highest BCUT2D eigenvalue weighted by Gasteiger charge is 2.51. The largest absolute Gasteiger partial charge is 0.477 e. The lowest BCUT2D eigenvalue weighted by Gasteiger charge is -2.30. The zero-order valence-electron chi connectivity index (χ0n) is 22.4. The van der Waals surface area contributed by atoms with Crippen LogP contribution in [0.15, 0.2) is 30.5 Å². The van der Waals surface area contributed by atoms with Crippen LogP contribution in [-0.2, 0) is 17.4 Å². The molecule has 0 aliphatic carbocycles. The van der Waals surface area contributed by atoms with Crippen LogP contribution >= 0.6 is 12.2 Å². The number of benzene rings is 1. The number of alkyl halides is 3. The van der Waals surface area contributed by atoms with Gasteiger partial charge in [0.15, 0.2) is 5.11 Å². The summed E-state index contributed by atoms with van der Waals surface area (Å²) in [5.74, 6) is 0.640. The zero-order chi connectivity index (χ0) is 28.5. The number of thiocarbonyl (C=S) groups is 1. The molecule has 2 fully saturated rings. The van der Waals surface area contributed by atoms with Gasteiger partial charge in [-0.05, 0) is 95.4 Å². The molecular weight excluding hydrogens is 527 g/mol. The van der Waals surface area contributed by atoms with Gasteiger partial charge in [0.25, 0.3) is 5.91 Å². The minimum absolute atomic E-state index is 0.0281. The molecule has 0 spiro atoms. The number of piperidine rings is 1. The number of nitrogens with one attached hydrogen (secondary N) is 1. The van der Waals surface area contributed by atoms with E-state index in [1.54, 1.807) is 31.0 Å². The summed E-state index contributed by atoms with van der Waals surface area (Å²) in [5, 5.41) is 12.6. The third-order valence-corrected chi connectivity index (χ3v) is 7.77. The first kappa shape index (κ1) is 28.8. The third-order valence-electron chi connectivity index (χ3n) is 7.40.